The number of piperidine rings is 1. The molecule has 0 aromatic heterocycles. The summed E-state index contributed by atoms with van der Waals surface area (Å²) in [6, 6.07) is 10.4. The van der Waals surface area contributed by atoms with Gasteiger partial charge in [0.05, 0.1) is 5.92 Å². The number of likely N-dealkylation sites (tertiary alicyclic amines) is 2. The molecule has 1 aliphatic carbocycles. The first-order valence-corrected chi connectivity index (χ1v) is 9.97. The molecule has 1 aromatic carbocycles. The third-order valence-electron chi connectivity index (χ3n) is 6.65. The highest BCUT2D eigenvalue weighted by Crippen LogP contribution is 2.50. The first kappa shape index (κ1) is 18.3. The summed E-state index contributed by atoms with van der Waals surface area (Å²) in [5.41, 5.74) is 1.24. The lowest BCUT2D eigenvalue weighted by molar-refractivity contribution is -0.152. The zero-order valence-electron chi connectivity index (χ0n) is 15.7. The minimum absolute atomic E-state index is 0.00739. The average Bonchev–Trinajstić information content (AvgIpc) is 3.12. The number of carbonyl (C=O) groups is 2. The predicted octanol–water partition coefficient (Wildman–Crippen LogP) is 2.97. The van der Waals surface area contributed by atoms with Crippen LogP contribution in [0, 0.1) is 11.3 Å². The van der Waals surface area contributed by atoms with Gasteiger partial charge in [-0.05, 0) is 56.2 Å². The lowest BCUT2D eigenvalue weighted by Crippen LogP contribution is -2.54. The van der Waals surface area contributed by atoms with Crippen LogP contribution in [0.15, 0.2) is 30.3 Å². The fourth-order valence-corrected chi connectivity index (χ4v) is 4.98. The number of ether oxygens (including phenoxy) is 1. The van der Waals surface area contributed by atoms with Gasteiger partial charge in [0.1, 0.15) is 6.61 Å². The van der Waals surface area contributed by atoms with Crippen LogP contribution in [0.2, 0.25) is 0 Å². The van der Waals surface area contributed by atoms with E-state index in [0.717, 1.165) is 50.8 Å². The molecule has 0 bridgehead atoms. The molecule has 3 aliphatic rings. The SMILES string of the molecule is O=C(OCc1ccccc1)C1CCN(C2CC3(CCN(C(=O)O)C3)C2)CC1. The number of benzene rings is 1. The van der Waals surface area contributed by atoms with Crippen LogP contribution in [0.5, 0.6) is 0 Å². The summed E-state index contributed by atoms with van der Waals surface area (Å²) >= 11 is 0. The molecule has 2 saturated heterocycles. The third kappa shape index (κ3) is 3.95. The Labute approximate surface area is 160 Å². The van der Waals surface area contributed by atoms with E-state index in [0.29, 0.717) is 25.7 Å². The molecule has 27 heavy (non-hydrogen) atoms. The molecule has 1 amide bonds. The van der Waals surface area contributed by atoms with Gasteiger partial charge in [0.15, 0.2) is 0 Å². The second-order valence-electron chi connectivity index (χ2n) is 8.42. The summed E-state index contributed by atoms with van der Waals surface area (Å²) in [4.78, 5) is 27.5. The molecule has 146 valence electrons. The highest BCUT2D eigenvalue weighted by Gasteiger charge is 2.51. The molecule has 2 heterocycles. The van der Waals surface area contributed by atoms with E-state index in [1.807, 2.05) is 30.3 Å². The molecule has 3 fully saturated rings. The lowest BCUT2D eigenvalue weighted by Gasteiger charge is -2.51. The van der Waals surface area contributed by atoms with Gasteiger partial charge in [-0.25, -0.2) is 4.79 Å². The first-order valence-electron chi connectivity index (χ1n) is 9.97. The smallest absolute Gasteiger partial charge is 0.407 e. The van der Waals surface area contributed by atoms with Crippen molar-refractivity contribution in [1.29, 1.82) is 0 Å². The summed E-state index contributed by atoms with van der Waals surface area (Å²) in [5, 5.41) is 9.15. The standard InChI is InChI=1S/C21H28N2O4/c24-19(27-14-16-4-2-1-3-5-16)17-6-9-22(10-7-17)18-12-21(13-18)8-11-23(15-21)20(25)26/h1-5,17-18H,6-15H2,(H,25,26). The maximum Gasteiger partial charge on any atom is 0.407 e. The van der Waals surface area contributed by atoms with Crippen LogP contribution in [-0.4, -0.2) is 59.2 Å². The van der Waals surface area contributed by atoms with Crippen LogP contribution < -0.4 is 0 Å². The number of hydrogen-bond acceptors (Lipinski definition) is 4. The lowest BCUT2D eigenvalue weighted by atomic mass is 9.64. The van der Waals surface area contributed by atoms with E-state index in [1.165, 1.54) is 0 Å². The van der Waals surface area contributed by atoms with Gasteiger partial charge in [-0.3, -0.25) is 4.79 Å². The summed E-state index contributed by atoms with van der Waals surface area (Å²) in [6.45, 7) is 3.60. The van der Waals surface area contributed by atoms with Crippen LogP contribution in [0.4, 0.5) is 4.79 Å². The number of amides is 1. The fourth-order valence-electron chi connectivity index (χ4n) is 4.98. The third-order valence-corrected chi connectivity index (χ3v) is 6.65. The van der Waals surface area contributed by atoms with E-state index in [-0.39, 0.29) is 17.3 Å². The van der Waals surface area contributed by atoms with Gasteiger partial charge < -0.3 is 19.6 Å². The fraction of sp³-hybridized carbons (Fsp3) is 0.619. The van der Waals surface area contributed by atoms with Crippen molar-refractivity contribution in [3.05, 3.63) is 35.9 Å². The van der Waals surface area contributed by atoms with E-state index in [2.05, 4.69) is 4.90 Å². The Balaban J connectivity index is 1.19. The Bertz CT molecular complexity index is 679. The molecule has 6 heteroatoms. The number of carbonyl (C=O) groups excluding carboxylic acids is 1. The Morgan fingerprint density at radius 1 is 1.11 bits per heavy atom. The molecule has 4 rings (SSSR count). The van der Waals surface area contributed by atoms with E-state index >= 15 is 0 Å². The van der Waals surface area contributed by atoms with Crippen LogP contribution in [0.3, 0.4) is 0 Å². The van der Waals surface area contributed by atoms with E-state index in [9.17, 15) is 9.59 Å². The molecule has 6 nitrogen and oxygen atoms in total. The largest absolute Gasteiger partial charge is 0.465 e. The van der Waals surface area contributed by atoms with Gasteiger partial charge in [-0.15, -0.1) is 0 Å². The summed E-state index contributed by atoms with van der Waals surface area (Å²) in [6.07, 6.45) is 4.12. The Morgan fingerprint density at radius 3 is 2.44 bits per heavy atom. The first-order chi connectivity index (χ1) is 13.0. The van der Waals surface area contributed by atoms with Crippen molar-refractivity contribution < 1.29 is 19.4 Å². The van der Waals surface area contributed by atoms with E-state index in [4.69, 9.17) is 9.84 Å². The van der Waals surface area contributed by atoms with Gasteiger partial charge >= 0.3 is 12.1 Å². The second kappa shape index (κ2) is 7.50. The zero-order valence-corrected chi connectivity index (χ0v) is 15.7. The molecular formula is C21H28N2O4. The van der Waals surface area contributed by atoms with Crippen molar-refractivity contribution in [1.82, 2.24) is 9.80 Å². The van der Waals surface area contributed by atoms with Crippen molar-refractivity contribution in [2.45, 2.75) is 44.8 Å². The molecule has 0 unspecified atom stereocenters. The van der Waals surface area contributed by atoms with Gasteiger partial charge in [0.2, 0.25) is 0 Å². The van der Waals surface area contributed by atoms with Crippen LogP contribution in [-0.2, 0) is 16.1 Å². The Kier molecular flexibility index (Phi) is 5.08. The summed E-state index contributed by atoms with van der Waals surface area (Å²) in [7, 11) is 0. The van der Waals surface area contributed by atoms with Crippen molar-refractivity contribution >= 4 is 12.1 Å². The minimum atomic E-state index is -0.787. The van der Waals surface area contributed by atoms with Gasteiger partial charge in [-0.1, -0.05) is 30.3 Å². The van der Waals surface area contributed by atoms with Gasteiger partial charge in [0, 0.05) is 19.1 Å². The molecule has 1 N–H and O–H groups in total. The van der Waals surface area contributed by atoms with Crippen LogP contribution in [0.25, 0.3) is 0 Å². The number of hydrogen-bond donors (Lipinski definition) is 1. The maximum atomic E-state index is 12.3. The predicted molar refractivity (Wildman–Crippen MR) is 100 cm³/mol. The molecule has 1 saturated carbocycles. The molecule has 0 atom stereocenters. The van der Waals surface area contributed by atoms with Crippen molar-refractivity contribution in [2.75, 3.05) is 26.2 Å². The van der Waals surface area contributed by atoms with Crippen LogP contribution >= 0.6 is 0 Å². The van der Waals surface area contributed by atoms with E-state index in [1.54, 1.807) is 4.90 Å². The average molecular weight is 372 g/mol. The second-order valence-corrected chi connectivity index (χ2v) is 8.42. The Morgan fingerprint density at radius 2 is 1.81 bits per heavy atom. The number of rotatable bonds is 4. The van der Waals surface area contributed by atoms with Crippen molar-refractivity contribution in [3.8, 4) is 0 Å². The molecule has 1 aromatic rings. The minimum Gasteiger partial charge on any atom is -0.465 e. The number of esters is 1. The van der Waals surface area contributed by atoms with Crippen molar-refractivity contribution in [3.63, 3.8) is 0 Å². The normalized spacial score (nSPS) is 28.9. The summed E-state index contributed by atoms with van der Waals surface area (Å²) in [5.74, 6) is -0.0653. The topological polar surface area (TPSA) is 70.1 Å². The molecule has 1 spiro atoms. The highest BCUT2D eigenvalue weighted by atomic mass is 16.5. The van der Waals surface area contributed by atoms with Gasteiger partial charge in [-0.2, -0.15) is 0 Å². The van der Waals surface area contributed by atoms with Gasteiger partial charge in [0.25, 0.3) is 0 Å². The Hall–Kier alpha value is -2.08. The quantitative estimate of drug-likeness (QED) is 0.823. The monoisotopic (exact) mass is 372 g/mol. The number of nitrogens with zero attached hydrogens (tertiary/aromatic N) is 2. The maximum absolute atomic E-state index is 12.3. The highest BCUT2D eigenvalue weighted by molar-refractivity contribution is 5.72. The van der Waals surface area contributed by atoms with Crippen LogP contribution in [0.1, 0.15) is 37.7 Å². The van der Waals surface area contributed by atoms with E-state index < -0.39 is 6.09 Å². The summed E-state index contributed by atoms with van der Waals surface area (Å²) < 4.78 is 5.50. The number of carboxylic acid groups (broad SMARTS) is 1. The molecular weight excluding hydrogens is 344 g/mol. The molecule has 2 aliphatic heterocycles. The van der Waals surface area contributed by atoms with Crippen molar-refractivity contribution in [2.24, 2.45) is 11.3 Å². The molecule has 0 radical (unpaired) electrons. The zero-order chi connectivity index (χ0) is 18.9.